The molecule has 0 aromatic carbocycles. The van der Waals surface area contributed by atoms with E-state index in [-0.39, 0.29) is 24.1 Å². The van der Waals surface area contributed by atoms with Crippen LogP contribution in [0.3, 0.4) is 0 Å². The van der Waals surface area contributed by atoms with Gasteiger partial charge in [0.1, 0.15) is 6.54 Å². The van der Waals surface area contributed by atoms with E-state index in [2.05, 4.69) is 5.32 Å². The molecule has 0 spiro atoms. The Balaban J connectivity index is 1.86. The zero-order valence-electron chi connectivity index (χ0n) is 15.1. The van der Waals surface area contributed by atoms with Crippen LogP contribution in [0.1, 0.15) is 76.2 Å². The summed E-state index contributed by atoms with van der Waals surface area (Å²) in [5.74, 6) is -0.0419. The largest absolute Gasteiger partial charge is 0.352 e. The Hall–Kier alpha value is -1.58. The third-order valence-electron chi connectivity index (χ3n) is 4.99. The molecule has 1 aliphatic rings. The van der Waals surface area contributed by atoms with E-state index in [1.807, 2.05) is 6.07 Å². The number of nitrogens with zero attached hydrogens (tertiary/aromatic N) is 1. The molecule has 0 bridgehead atoms. The molecule has 1 N–H and O–H groups in total. The van der Waals surface area contributed by atoms with Crippen molar-refractivity contribution in [1.29, 1.82) is 0 Å². The third kappa shape index (κ3) is 6.50. The number of amides is 1. The molecule has 134 valence electrons. The first kappa shape index (κ1) is 18.8. The number of aryl methyl sites for hydroxylation is 1. The molecule has 1 aromatic rings. The Morgan fingerprint density at radius 2 is 1.58 bits per heavy atom. The van der Waals surface area contributed by atoms with E-state index < -0.39 is 0 Å². The number of aromatic nitrogens is 1. The van der Waals surface area contributed by atoms with Gasteiger partial charge >= 0.3 is 0 Å². The van der Waals surface area contributed by atoms with Crippen LogP contribution >= 0.6 is 0 Å². The van der Waals surface area contributed by atoms with Crippen LogP contribution in [-0.2, 0) is 11.3 Å². The van der Waals surface area contributed by atoms with Gasteiger partial charge in [0, 0.05) is 17.8 Å². The topological polar surface area (TPSA) is 51.1 Å². The predicted octanol–water partition coefficient (Wildman–Crippen LogP) is 3.95. The van der Waals surface area contributed by atoms with Crippen molar-refractivity contribution in [3.05, 3.63) is 34.2 Å². The highest BCUT2D eigenvalue weighted by Crippen LogP contribution is 2.17. The Morgan fingerprint density at radius 3 is 2.17 bits per heavy atom. The highest BCUT2D eigenvalue weighted by Gasteiger charge is 2.13. The number of carbonyl (C=O) groups is 1. The lowest BCUT2D eigenvalue weighted by molar-refractivity contribution is -0.122. The van der Waals surface area contributed by atoms with Crippen molar-refractivity contribution >= 4 is 5.91 Å². The molecule has 0 radical (unpaired) electrons. The summed E-state index contributed by atoms with van der Waals surface area (Å²) in [5, 5.41) is 3.17. The SMILES string of the molecule is Cc1cccn(CC(=O)NC2CCCCCCCCCCC2)c1=O. The fourth-order valence-electron chi connectivity index (χ4n) is 3.52. The summed E-state index contributed by atoms with van der Waals surface area (Å²) in [6, 6.07) is 3.86. The minimum Gasteiger partial charge on any atom is -0.352 e. The summed E-state index contributed by atoms with van der Waals surface area (Å²) in [6.45, 7) is 1.90. The first-order chi connectivity index (χ1) is 11.7. The average Bonchev–Trinajstić information content (AvgIpc) is 2.54. The maximum Gasteiger partial charge on any atom is 0.253 e. The molecule has 0 aliphatic heterocycles. The lowest BCUT2D eigenvalue weighted by Crippen LogP contribution is -2.39. The third-order valence-corrected chi connectivity index (χ3v) is 4.99. The Kier molecular flexibility index (Phi) is 8.06. The zero-order chi connectivity index (χ0) is 17.2. The molecule has 0 unspecified atom stereocenters. The van der Waals surface area contributed by atoms with E-state index in [4.69, 9.17) is 0 Å². The molecule has 4 heteroatoms. The predicted molar refractivity (Wildman–Crippen MR) is 98.2 cm³/mol. The van der Waals surface area contributed by atoms with Crippen molar-refractivity contribution in [2.45, 2.75) is 90.1 Å². The number of nitrogens with one attached hydrogen (secondary N) is 1. The molecule has 24 heavy (non-hydrogen) atoms. The van der Waals surface area contributed by atoms with Crippen molar-refractivity contribution in [1.82, 2.24) is 9.88 Å². The minimum absolute atomic E-state index is 0.0419. The molecule has 2 rings (SSSR count). The Labute approximate surface area is 145 Å². The number of carbonyl (C=O) groups excluding carboxylic acids is 1. The van der Waals surface area contributed by atoms with Gasteiger partial charge in [-0.3, -0.25) is 9.59 Å². The molecule has 1 aliphatic carbocycles. The molecule has 0 atom stereocenters. The summed E-state index contributed by atoms with van der Waals surface area (Å²) in [7, 11) is 0. The van der Waals surface area contributed by atoms with Gasteiger partial charge in [0.15, 0.2) is 0 Å². The van der Waals surface area contributed by atoms with Gasteiger partial charge in [-0.15, -0.1) is 0 Å². The summed E-state index contributed by atoms with van der Waals surface area (Å²) in [4.78, 5) is 24.4. The lowest BCUT2D eigenvalue weighted by atomic mass is 9.98. The second kappa shape index (κ2) is 10.3. The highest BCUT2D eigenvalue weighted by molar-refractivity contribution is 5.76. The van der Waals surface area contributed by atoms with E-state index >= 15 is 0 Å². The van der Waals surface area contributed by atoms with Crippen LogP contribution in [0.5, 0.6) is 0 Å². The fourth-order valence-corrected chi connectivity index (χ4v) is 3.52. The summed E-state index contributed by atoms with van der Waals surface area (Å²) in [5.41, 5.74) is 0.600. The first-order valence-corrected chi connectivity index (χ1v) is 9.62. The smallest absolute Gasteiger partial charge is 0.253 e. The monoisotopic (exact) mass is 332 g/mol. The van der Waals surface area contributed by atoms with Gasteiger partial charge in [0.05, 0.1) is 0 Å². The normalized spacial score (nSPS) is 18.4. The van der Waals surface area contributed by atoms with Gasteiger partial charge in [0.25, 0.3) is 5.56 Å². The Bertz CT molecular complexity index is 553. The second-order valence-electron chi connectivity index (χ2n) is 7.15. The van der Waals surface area contributed by atoms with Crippen molar-refractivity contribution in [3.63, 3.8) is 0 Å². The van der Waals surface area contributed by atoms with Crippen LogP contribution in [0.2, 0.25) is 0 Å². The van der Waals surface area contributed by atoms with Gasteiger partial charge < -0.3 is 9.88 Å². The Morgan fingerprint density at radius 1 is 1.04 bits per heavy atom. The molecule has 1 heterocycles. The zero-order valence-corrected chi connectivity index (χ0v) is 15.1. The molecule has 4 nitrogen and oxygen atoms in total. The van der Waals surface area contributed by atoms with Crippen LogP contribution in [0.15, 0.2) is 23.1 Å². The number of hydrogen-bond acceptors (Lipinski definition) is 2. The number of pyridine rings is 1. The molecular weight excluding hydrogens is 300 g/mol. The first-order valence-electron chi connectivity index (χ1n) is 9.62. The second-order valence-corrected chi connectivity index (χ2v) is 7.15. The summed E-state index contributed by atoms with van der Waals surface area (Å²) < 4.78 is 1.50. The summed E-state index contributed by atoms with van der Waals surface area (Å²) in [6.07, 6.45) is 15.5. The molecule has 1 fully saturated rings. The van der Waals surface area contributed by atoms with Crippen molar-refractivity contribution in [2.75, 3.05) is 0 Å². The van der Waals surface area contributed by atoms with Gasteiger partial charge in [-0.1, -0.05) is 63.9 Å². The molecule has 0 saturated heterocycles. The number of rotatable bonds is 3. The van der Waals surface area contributed by atoms with Crippen LogP contribution < -0.4 is 10.9 Å². The maximum absolute atomic E-state index is 12.3. The van der Waals surface area contributed by atoms with E-state index in [1.165, 1.54) is 62.4 Å². The summed E-state index contributed by atoms with van der Waals surface area (Å²) >= 11 is 0. The van der Waals surface area contributed by atoms with Crippen LogP contribution in [-0.4, -0.2) is 16.5 Å². The quantitative estimate of drug-likeness (QED) is 0.911. The fraction of sp³-hybridized carbons (Fsp3) is 0.700. The van der Waals surface area contributed by atoms with Crippen molar-refractivity contribution < 1.29 is 4.79 Å². The van der Waals surface area contributed by atoms with E-state index in [0.717, 1.165) is 12.8 Å². The molecular formula is C20H32N2O2. The van der Waals surface area contributed by atoms with Gasteiger partial charge in [-0.25, -0.2) is 0 Å². The standard InChI is InChI=1S/C20H32N2O2/c1-17-12-11-15-22(20(17)24)16-19(23)21-18-13-9-7-5-3-2-4-6-8-10-14-18/h11-12,15,18H,2-10,13-14,16H2,1H3,(H,21,23). The van der Waals surface area contributed by atoms with Crippen LogP contribution in [0.4, 0.5) is 0 Å². The van der Waals surface area contributed by atoms with Crippen LogP contribution in [0, 0.1) is 6.92 Å². The molecule has 1 saturated carbocycles. The lowest BCUT2D eigenvalue weighted by Gasteiger charge is -2.20. The van der Waals surface area contributed by atoms with Crippen LogP contribution in [0.25, 0.3) is 0 Å². The van der Waals surface area contributed by atoms with Gasteiger partial charge in [-0.2, -0.15) is 0 Å². The minimum atomic E-state index is -0.0775. The number of hydrogen-bond donors (Lipinski definition) is 1. The maximum atomic E-state index is 12.3. The van der Waals surface area contributed by atoms with Crippen molar-refractivity contribution in [3.8, 4) is 0 Å². The molecule has 1 amide bonds. The molecule has 1 aromatic heterocycles. The average molecular weight is 332 g/mol. The van der Waals surface area contributed by atoms with E-state index in [9.17, 15) is 9.59 Å². The van der Waals surface area contributed by atoms with Gasteiger partial charge in [-0.05, 0) is 25.8 Å². The van der Waals surface area contributed by atoms with E-state index in [1.54, 1.807) is 19.2 Å². The van der Waals surface area contributed by atoms with E-state index in [0.29, 0.717) is 5.56 Å². The van der Waals surface area contributed by atoms with Gasteiger partial charge in [0.2, 0.25) is 5.91 Å². The highest BCUT2D eigenvalue weighted by atomic mass is 16.2. The van der Waals surface area contributed by atoms with Crippen molar-refractivity contribution in [2.24, 2.45) is 0 Å².